The highest BCUT2D eigenvalue weighted by Crippen LogP contribution is 2.40. The maximum atomic E-state index is 12.8. The maximum Gasteiger partial charge on any atom is 0.573 e. The molecule has 0 aliphatic rings. The van der Waals surface area contributed by atoms with Crippen LogP contribution < -0.4 is 19.5 Å². The van der Waals surface area contributed by atoms with Gasteiger partial charge < -0.3 is 19.5 Å². The van der Waals surface area contributed by atoms with Gasteiger partial charge in [-0.15, -0.1) is 29.6 Å². The Labute approximate surface area is 203 Å². The first-order valence-electron chi connectivity index (χ1n) is 10.2. The van der Waals surface area contributed by atoms with Gasteiger partial charge in [0.05, 0.1) is 22.9 Å². The van der Waals surface area contributed by atoms with E-state index in [2.05, 4.69) is 24.9 Å². The van der Waals surface area contributed by atoms with Gasteiger partial charge in [0.2, 0.25) is 0 Å². The number of nitrogens with one attached hydrogen (secondary N) is 1. The van der Waals surface area contributed by atoms with Crippen LogP contribution in [0.15, 0.2) is 60.8 Å². The van der Waals surface area contributed by atoms with E-state index in [1.165, 1.54) is 37.4 Å². The van der Waals surface area contributed by atoms with Gasteiger partial charge in [-0.3, -0.25) is 0 Å². The molecule has 0 atom stereocenters. The van der Waals surface area contributed by atoms with Gasteiger partial charge in [-0.05, 0) is 41.8 Å². The number of fused-ring (bicyclic) bond motifs is 2. The summed E-state index contributed by atoms with van der Waals surface area (Å²) in [7, 11) is 1.33. The summed E-state index contributed by atoms with van der Waals surface area (Å²) in [6, 6.07) is 13.9. The van der Waals surface area contributed by atoms with E-state index in [9.17, 15) is 22.0 Å². The quantitative estimate of drug-likeness (QED) is 0.236. The first-order valence-corrected chi connectivity index (χ1v) is 11.0. The molecular weight excluding hydrogens is 507 g/mol. The Bertz CT molecular complexity index is 1550. The summed E-state index contributed by atoms with van der Waals surface area (Å²) in [6.07, 6.45) is -3.24. The molecule has 3 heterocycles. The number of hydrogen-bond donors (Lipinski definition) is 1. The molecule has 186 valence electrons. The van der Waals surface area contributed by atoms with E-state index in [0.29, 0.717) is 37.8 Å². The van der Waals surface area contributed by atoms with Crippen molar-refractivity contribution in [2.75, 3.05) is 12.4 Å². The lowest BCUT2D eigenvalue weighted by Gasteiger charge is -2.12. The van der Waals surface area contributed by atoms with Gasteiger partial charge in [-0.2, -0.15) is 8.78 Å². The number of thiophene rings is 1. The van der Waals surface area contributed by atoms with Crippen molar-refractivity contribution in [1.29, 1.82) is 0 Å². The Morgan fingerprint density at radius 2 is 1.83 bits per heavy atom. The number of nitrogens with zero attached hydrogens (tertiary/aromatic N) is 3. The molecule has 0 saturated carbocycles. The van der Waals surface area contributed by atoms with Gasteiger partial charge in [-0.1, -0.05) is 12.1 Å². The second-order valence-electron chi connectivity index (χ2n) is 7.33. The van der Waals surface area contributed by atoms with Crippen LogP contribution in [0.4, 0.5) is 33.5 Å². The fraction of sp³-hybridized carbons (Fsp3) is 0.130. The Kier molecular flexibility index (Phi) is 6.00. The normalized spacial score (nSPS) is 11.9. The molecule has 5 aromatic rings. The third-order valence-electron chi connectivity index (χ3n) is 5.00. The predicted octanol–water partition coefficient (Wildman–Crippen LogP) is 6.86. The number of hydrogen-bond acceptors (Lipinski definition) is 7. The molecule has 5 rings (SSSR count). The van der Waals surface area contributed by atoms with Crippen LogP contribution in [0.2, 0.25) is 0 Å². The van der Waals surface area contributed by atoms with Crippen molar-refractivity contribution in [2.24, 2.45) is 0 Å². The van der Waals surface area contributed by atoms with E-state index in [0.717, 1.165) is 11.3 Å². The third kappa shape index (κ3) is 4.82. The number of methoxy groups -OCH3 is 1. The molecule has 2 aromatic carbocycles. The lowest BCUT2D eigenvalue weighted by molar-refractivity contribution is -0.274. The molecular formula is C23H15F5N4O3S. The standard InChI is InChI=1S/C23H15F5N4O3S/c1-33-17-10-13(5-6-15(17)34-22(24)25)30-19-7-8-20-29-11-14(32(20)31-19)18-9-12-3-2-4-16(21(12)36-18)35-23(26,27)28/h2-11,22H,1H3,(H,30,31). The van der Waals surface area contributed by atoms with E-state index >= 15 is 0 Å². The van der Waals surface area contributed by atoms with Crippen LogP contribution in [0.25, 0.3) is 26.3 Å². The lowest BCUT2D eigenvalue weighted by Crippen LogP contribution is -2.17. The zero-order valence-corrected chi connectivity index (χ0v) is 19.0. The van der Waals surface area contributed by atoms with E-state index in [1.54, 1.807) is 35.0 Å². The minimum absolute atomic E-state index is 0.104. The van der Waals surface area contributed by atoms with Crippen LogP contribution in [0, 0.1) is 0 Å². The summed E-state index contributed by atoms with van der Waals surface area (Å²) < 4.78 is 79.2. The van der Waals surface area contributed by atoms with Gasteiger partial charge in [0, 0.05) is 11.8 Å². The summed E-state index contributed by atoms with van der Waals surface area (Å²) in [5.41, 5.74) is 1.57. The van der Waals surface area contributed by atoms with Crippen molar-refractivity contribution in [3.05, 3.63) is 60.8 Å². The maximum absolute atomic E-state index is 12.8. The third-order valence-corrected chi connectivity index (χ3v) is 6.19. The van der Waals surface area contributed by atoms with Gasteiger partial charge in [0.25, 0.3) is 0 Å². The average Bonchev–Trinajstić information content (AvgIpc) is 3.43. The topological polar surface area (TPSA) is 69.9 Å². The fourth-order valence-electron chi connectivity index (χ4n) is 3.56. The highest BCUT2D eigenvalue weighted by Gasteiger charge is 2.32. The molecule has 1 N–H and O–H groups in total. The molecule has 7 nitrogen and oxygen atoms in total. The number of imidazole rings is 1. The van der Waals surface area contributed by atoms with E-state index < -0.39 is 13.0 Å². The molecule has 36 heavy (non-hydrogen) atoms. The first-order chi connectivity index (χ1) is 17.2. The van der Waals surface area contributed by atoms with Crippen molar-refractivity contribution in [1.82, 2.24) is 14.6 Å². The molecule has 3 aromatic heterocycles. The van der Waals surface area contributed by atoms with Crippen molar-refractivity contribution in [3.8, 4) is 27.8 Å². The number of ether oxygens (including phenoxy) is 3. The van der Waals surface area contributed by atoms with Crippen LogP contribution in [-0.2, 0) is 0 Å². The minimum atomic E-state index is -4.81. The van der Waals surface area contributed by atoms with Crippen molar-refractivity contribution in [3.63, 3.8) is 0 Å². The lowest BCUT2D eigenvalue weighted by atomic mass is 10.2. The number of benzene rings is 2. The molecule has 13 heteroatoms. The number of aromatic nitrogens is 3. The summed E-state index contributed by atoms with van der Waals surface area (Å²) in [6.45, 7) is -2.99. The summed E-state index contributed by atoms with van der Waals surface area (Å²) in [5, 5.41) is 8.17. The zero-order valence-electron chi connectivity index (χ0n) is 18.2. The van der Waals surface area contributed by atoms with Gasteiger partial charge in [0.1, 0.15) is 11.4 Å². The molecule has 0 radical (unpaired) electrons. The number of alkyl halides is 5. The highest BCUT2D eigenvalue weighted by atomic mass is 32.1. The van der Waals surface area contributed by atoms with Gasteiger partial charge in [0.15, 0.2) is 23.0 Å². The van der Waals surface area contributed by atoms with E-state index in [4.69, 9.17) is 4.74 Å². The zero-order chi connectivity index (χ0) is 25.4. The molecule has 0 fully saturated rings. The molecule has 0 aliphatic carbocycles. The molecule has 0 amide bonds. The summed E-state index contributed by atoms with van der Waals surface area (Å²) >= 11 is 1.12. The minimum Gasteiger partial charge on any atom is -0.493 e. The molecule has 0 saturated heterocycles. The van der Waals surface area contributed by atoms with E-state index in [-0.39, 0.29) is 17.2 Å². The van der Waals surface area contributed by atoms with E-state index in [1.807, 2.05) is 0 Å². The fourth-order valence-corrected chi connectivity index (χ4v) is 4.67. The Balaban J connectivity index is 1.48. The first kappa shape index (κ1) is 23.6. The Morgan fingerprint density at radius 3 is 2.58 bits per heavy atom. The van der Waals surface area contributed by atoms with Gasteiger partial charge >= 0.3 is 13.0 Å². The van der Waals surface area contributed by atoms with Crippen molar-refractivity contribution in [2.45, 2.75) is 13.0 Å². The molecule has 0 unspecified atom stereocenters. The largest absolute Gasteiger partial charge is 0.573 e. The smallest absolute Gasteiger partial charge is 0.493 e. The molecule has 0 aliphatic heterocycles. The van der Waals surface area contributed by atoms with Crippen molar-refractivity contribution < 1.29 is 36.2 Å². The van der Waals surface area contributed by atoms with Crippen molar-refractivity contribution >= 4 is 38.6 Å². The second kappa shape index (κ2) is 9.15. The Hall–Kier alpha value is -4.13. The van der Waals surface area contributed by atoms with Crippen LogP contribution in [0.5, 0.6) is 17.2 Å². The SMILES string of the molecule is COc1cc(Nc2ccc3ncc(-c4cc5cccc(OC(F)(F)F)c5s4)n3n2)ccc1OC(F)F. The van der Waals surface area contributed by atoms with Gasteiger partial charge in [-0.25, -0.2) is 9.50 Å². The second-order valence-corrected chi connectivity index (χ2v) is 8.39. The van der Waals surface area contributed by atoms with Crippen LogP contribution in [0.1, 0.15) is 0 Å². The van der Waals surface area contributed by atoms with Crippen LogP contribution in [0.3, 0.4) is 0 Å². The molecule has 0 spiro atoms. The average molecular weight is 522 g/mol. The number of halogens is 5. The van der Waals surface area contributed by atoms with Crippen LogP contribution >= 0.6 is 11.3 Å². The summed E-state index contributed by atoms with van der Waals surface area (Å²) in [4.78, 5) is 4.96. The van der Waals surface area contributed by atoms with Crippen LogP contribution in [-0.4, -0.2) is 34.7 Å². The Morgan fingerprint density at radius 1 is 1.00 bits per heavy atom. The summed E-state index contributed by atoms with van der Waals surface area (Å²) in [5.74, 6) is 0.103. The predicted molar refractivity (Wildman–Crippen MR) is 123 cm³/mol. The molecule has 0 bridgehead atoms. The number of rotatable bonds is 7. The number of anilines is 2. The monoisotopic (exact) mass is 522 g/mol. The highest BCUT2D eigenvalue weighted by molar-refractivity contribution is 7.22.